The van der Waals surface area contributed by atoms with Gasteiger partial charge < -0.3 is 5.32 Å². The van der Waals surface area contributed by atoms with Crippen LogP contribution in [0.3, 0.4) is 0 Å². The molecule has 0 spiro atoms. The maximum Gasteiger partial charge on any atom is 0.255 e. The first-order valence-electron chi connectivity index (χ1n) is 7.00. The van der Waals surface area contributed by atoms with Crippen molar-refractivity contribution in [2.45, 2.75) is 13.3 Å². The van der Waals surface area contributed by atoms with Crippen molar-refractivity contribution in [1.82, 2.24) is 20.2 Å². The van der Waals surface area contributed by atoms with Gasteiger partial charge in [0.25, 0.3) is 5.91 Å². The van der Waals surface area contributed by atoms with E-state index in [0.29, 0.717) is 5.56 Å². The number of aromatic nitrogens is 4. The molecule has 0 unspecified atom stereocenters. The number of hydrogen-bond donors (Lipinski definition) is 1. The number of tetrazole rings is 1. The number of nitrogens with one attached hydrogen (secondary N) is 1. The van der Waals surface area contributed by atoms with E-state index in [4.69, 9.17) is 0 Å². The number of nitrogens with zero attached hydrogens (tertiary/aromatic N) is 4. The van der Waals surface area contributed by atoms with Gasteiger partial charge >= 0.3 is 0 Å². The van der Waals surface area contributed by atoms with Crippen molar-refractivity contribution in [2.24, 2.45) is 0 Å². The number of rotatable bonds is 4. The van der Waals surface area contributed by atoms with Crippen molar-refractivity contribution in [2.75, 3.05) is 5.32 Å². The van der Waals surface area contributed by atoms with Gasteiger partial charge in [-0.1, -0.05) is 19.1 Å². The van der Waals surface area contributed by atoms with Gasteiger partial charge in [0, 0.05) is 11.3 Å². The van der Waals surface area contributed by atoms with Crippen LogP contribution in [0.4, 0.5) is 5.69 Å². The number of anilines is 1. The van der Waals surface area contributed by atoms with Crippen LogP contribution < -0.4 is 5.32 Å². The summed E-state index contributed by atoms with van der Waals surface area (Å²) in [6.45, 7) is 2.08. The van der Waals surface area contributed by atoms with Crippen LogP contribution in [0, 0.1) is 0 Å². The molecule has 2 aromatic carbocycles. The van der Waals surface area contributed by atoms with Crippen molar-refractivity contribution in [3.05, 3.63) is 66.0 Å². The third-order valence-electron chi connectivity index (χ3n) is 3.36. The van der Waals surface area contributed by atoms with Crippen molar-refractivity contribution in [1.29, 1.82) is 0 Å². The van der Waals surface area contributed by atoms with E-state index in [1.165, 1.54) is 11.9 Å². The van der Waals surface area contributed by atoms with Crippen LogP contribution in [0.25, 0.3) is 5.69 Å². The summed E-state index contributed by atoms with van der Waals surface area (Å²) < 4.78 is 1.55. The minimum atomic E-state index is -0.127. The molecule has 0 bridgehead atoms. The summed E-state index contributed by atoms with van der Waals surface area (Å²) in [5.74, 6) is -0.127. The molecule has 0 saturated carbocycles. The third kappa shape index (κ3) is 3.01. The predicted molar refractivity (Wildman–Crippen MR) is 82.9 cm³/mol. The minimum Gasteiger partial charge on any atom is -0.322 e. The minimum absolute atomic E-state index is 0.127. The lowest BCUT2D eigenvalue weighted by molar-refractivity contribution is 0.102. The molecule has 1 N–H and O–H groups in total. The number of benzene rings is 2. The molecule has 1 aromatic heterocycles. The maximum atomic E-state index is 12.2. The van der Waals surface area contributed by atoms with Gasteiger partial charge in [0.2, 0.25) is 0 Å². The molecule has 3 aromatic rings. The molecule has 1 heterocycles. The summed E-state index contributed by atoms with van der Waals surface area (Å²) in [7, 11) is 0. The fourth-order valence-electron chi connectivity index (χ4n) is 2.07. The number of hydrogen-bond acceptors (Lipinski definition) is 4. The van der Waals surface area contributed by atoms with Crippen LogP contribution in [0.5, 0.6) is 0 Å². The highest BCUT2D eigenvalue weighted by Crippen LogP contribution is 2.14. The summed E-state index contributed by atoms with van der Waals surface area (Å²) in [6, 6.07) is 14.9. The van der Waals surface area contributed by atoms with Crippen LogP contribution in [-0.2, 0) is 6.42 Å². The molecule has 3 rings (SSSR count). The van der Waals surface area contributed by atoms with Crippen LogP contribution in [-0.4, -0.2) is 26.1 Å². The Balaban J connectivity index is 1.71. The van der Waals surface area contributed by atoms with Gasteiger partial charge in [-0.25, -0.2) is 4.68 Å². The van der Waals surface area contributed by atoms with E-state index in [-0.39, 0.29) is 5.91 Å². The van der Waals surface area contributed by atoms with E-state index >= 15 is 0 Å². The predicted octanol–water partition coefficient (Wildman–Crippen LogP) is 2.48. The van der Waals surface area contributed by atoms with E-state index in [1.54, 1.807) is 4.68 Å². The van der Waals surface area contributed by atoms with E-state index in [1.807, 2.05) is 48.5 Å². The number of carbonyl (C=O) groups excluding carboxylic acids is 1. The zero-order valence-corrected chi connectivity index (χ0v) is 12.1. The molecule has 1 amide bonds. The van der Waals surface area contributed by atoms with E-state index in [9.17, 15) is 4.79 Å². The normalized spacial score (nSPS) is 10.4. The largest absolute Gasteiger partial charge is 0.322 e. The quantitative estimate of drug-likeness (QED) is 0.802. The summed E-state index contributed by atoms with van der Waals surface area (Å²) in [5, 5.41) is 13.8. The maximum absolute atomic E-state index is 12.2. The molecule has 0 aliphatic heterocycles. The Morgan fingerprint density at radius 3 is 2.41 bits per heavy atom. The average Bonchev–Trinajstić information content (AvgIpc) is 3.10. The number of aryl methyl sites for hydroxylation is 1. The molecule has 0 aliphatic carbocycles. The highest BCUT2D eigenvalue weighted by Gasteiger charge is 2.06. The summed E-state index contributed by atoms with van der Waals surface area (Å²) >= 11 is 0. The first kappa shape index (κ1) is 13.9. The standard InChI is InChI=1S/C16H15N5O/c1-2-12-3-5-13(6-4-12)16(22)18-14-7-9-15(10-8-14)21-11-17-19-20-21/h3-11H,2H2,1H3,(H,18,22). The van der Waals surface area contributed by atoms with Crippen molar-refractivity contribution < 1.29 is 4.79 Å². The molecular weight excluding hydrogens is 278 g/mol. The molecule has 0 saturated heterocycles. The average molecular weight is 293 g/mol. The highest BCUT2D eigenvalue weighted by atomic mass is 16.1. The summed E-state index contributed by atoms with van der Waals surface area (Å²) in [6.07, 6.45) is 2.48. The van der Waals surface area contributed by atoms with Gasteiger partial charge in [0.1, 0.15) is 6.33 Å². The van der Waals surface area contributed by atoms with E-state index in [0.717, 1.165) is 17.8 Å². The fraction of sp³-hybridized carbons (Fsp3) is 0.125. The molecular formula is C16H15N5O. The van der Waals surface area contributed by atoms with Crippen LogP contribution in [0.15, 0.2) is 54.9 Å². The number of amides is 1. The van der Waals surface area contributed by atoms with Gasteiger partial charge in [-0.3, -0.25) is 4.79 Å². The Morgan fingerprint density at radius 2 is 1.82 bits per heavy atom. The van der Waals surface area contributed by atoms with Gasteiger partial charge in [-0.15, -0.1) is 5.10 Å². The molecule has 110 valence electrons. The second kappa shape index (κ2) is 6.17. The Kier molecular flexibility index (Phi) is 3.91. The fourth-order valence-corrected chi connectivity index (χ4v) is 2.07. The van der Waals surface area contributed by atoms with Gasteiger partial charge in [-0.05, 0) is 58.8 Å². The summed E-state index contributed by atoms with van der Waals surface area (Å²) in [4.78, 5) is 12.2. The van der Waals surface area contributed by atoms with E-state index in [2.05, 4.69) is 27.8 Å². The molecule has 0 aliphatic rings. The Morgan fingerprint density at radius 1 is 1.09 bits per heavy atom. The van der Waals surface area contributed by atoms with Gasteiger partial charge in [0.05, 0.1) is 5.69 Å². The van der Waals surface area contributed by atoms with Crippen LogP contribution in [0.2, 0.25) is 0 Å². The zero-order valence-electron chi connectivity index (χ0n) is 12.1. The Bertz CT molecular complexity index is 748. The molecule has 6 nitrogen and oxygen atoms in total. The lowest BCUT2D eigenvalue weighted by Gasteiger charge is -2.07. The smallest absolute Gasteiger partial charge is 0.255 e. The second-order valence-electron chi connectivity index (χ2n) is 4.81. The van der Waals surface area contributed by atoms with Crippen LogP contribution >= 0.6 is 0 Å². The van der Waals surface area contributed by atoms with Gasteiger partial charge in [-0.2, -0.15) is 0 Å². The topological polar surface area (TPSA) is 72.7 Å². The summed E-state index contributed by atoms with van der Waals surface area (Å²) in [5.41, 5.74) is 3.40. The third-order valence-corrected chi connectivity index (χ3v) is 3.36. The highest BCUT2D eigenvalue weighted by molar-refractivity contribution is 6.04. The Labute approximate surface area is 127 Å². The van der Waals surface area contributed by atoms with Crippen molar-refractivity contribution >= 4 is 11.6 Å². The van der Waals surface area contributed by atoms with Crippen molar-refractivity contribution in [3.63, 3.8) is 0 Å². The zero-order chi connectivity index (χ0) is 15.4. The monoisotopic (exact) mass is 293 g/mol. The molecule has 6 heteroatoms. The molecule has 22 heavy (non-hydrogen) atoms. The first-order valence-corrected chi connectivity index (χ1v) is 7.00. The van der Waals surface area contributed by atoms with E-state index < -0.39 is 0 Å². The molecule has 0 atom stereocenters. The number of carbonyl (C=O) groups is 1. The second-order valence-corrected chi connectivity index (χ2v) is 4.81. The molecule has 0 radical (unpaired) electrons. The lowest BCUT2D eigenvalue weighted by atomic mass is 10.1. The van der Waals surface area contributed by atoms with Crippen LogP contribution in [0.1, 0.15) is 22.8 Å². The van der Waals surface area contributed by atoms with Gasteiger partial charge in [0.15, 0.2) is 0 Å². The van der Waals surface area contributed by atoms with Crippen molar-refractivity contribution in [3.8, 4) is 5.69 Å². The first-order chi connectivity index (χ1) is 10.8. The SMILES string of the molecule is CCc1ccc(C(=O)Nc2ccc(-n3cnnn3)cc2)cc1. The molecule has 0 fully saturated rings. The Hall–Kier alpha value is -3.02. The lowest BCUT2D eigenvalue weighted by Crippen LogP contribution is -2.11.